The van der Waals surface area contributed by atoms with E-state index >= 15 is 0 Å². The van der Waals surface area contributed by atoms with E-state index < -0.39 is 0 Å². The van der Waals surface area contributed by atoms with Gasteiger partial charge >= 0.3 is 0 Å². The van der Waals surface area contributed by atoms with Crippen LogP contribution in [0.1, 0.15) is 11.1 Å². The number of methoxy groups -OCH3 is 1. The molecule has 2 aromatic carbocycles. The zero-order chi connectivity index (χ0) is 15.2. The second kappa shape index (κ2) is 7.34. The third kappa shape index (κ3) is 4.13. The maximum absolute atomic E-state index is 6.13. The van der Waals surface area contributed by atoms with Gasteiger partial charge in [0.05, 0.1) is 7.11 Å². The minimum Gasteiger partial charge on any atom is -0.497 e. The van der Waals surface area contributed by atoms with Crippen molar-refractivity contribution in [3.05, 3.63) is 58.6 Å². The van der Waals surface area contributed by atoms with Crippen LogP contribution in [0.3, 0.4) is 0 Å². The normalized spacial score (nSPS) is 10.5. The highest BCUT2D eigenvalue weighted by Crippen LogP contribution is 2.26. The van der Waals surface area contributed by atoms with Crippen LogP contribution in [0.4, 0.5) is 5.69 Å². The summed E-state index contributed by atoms with van der Waals surface area (Å²) in [6.45, 7) is 1.41. The van der Waals surface area contributed by atoms with Crippen LogP contribution in [0.15, 0.2) is 42.5 Å². The lowest BCUT2D eigenvalue weighted by atomic mass is 10.1. The van der Waals surface area contributed by atoms with Gasteiger partial charge in [0, 0.05) is 24.3 Å². The van der Waals surface area contributed by atoms with E-state index in [1.807, 2.05) is 36.4 Å². The summed E-state index contributed by atoms with van der Waals surface area (Å²) < 4.78 is 5.27. The van der Waals surface area contributed by atoms with Crippen LogP contribution in [-0.2, 0) is 13.0 Å². The van der Waals surface area contributed by atoms with Crippen molar-refractivity contribution in [1.82, 2.24) is 0 Å². The van der Waals surface area contributed by atoms with Crippen molar-refractivity contribution in [2.45, 2.75) is 13.0 Å². The molecule has 0 heterocycles. The number of hydrogen-bond acceptors (Lipinski definition) is 3. The van der Waals surface area contributed by atoms with Crippen molar-refractivity contribution in [1.29, 1.82) is 0 Å². The molecule has 0 aliphatic carbocycles. The van der Waals surface area contributed by atoms with E-state index in [0.717, 1.165) is 29.4 Å². The molecular formula is C17H21ClN2O. The molecule has 0 amide bonds. The first-order valence-corrected chi connectivity index (χ1v) is 7.34. The smallest absolute Gasteiger partial charge is 0.119 e. The van der Waals surface area contributed by atoms with Gasteiger partial charge in [-0.1, -0.05) is 29.8 Å². The maximum Gasteiger partial charge on any atom is 0.119 e. The summed E-state index contributed by atoms with van der Waals surface area (Å²) in [5.41, 5.74) is 9.22. The first-order valence-electron chi connectivity index (χ1n) is 6.96. The SMILES string of the molecule is COc1cccc(CN(C)c2cc(Cl)ccc2CCN)c1. The van der Waals surface area contributed by atoms with E-state index in [1.165, 1.54) is 11.1 Å². The molecule has 0 saturated carbocycles. The van der Waals surface area contributed by atoms with Crippen LogP contribution in [0.25, 0.3) is 0 Å². The number of nitrogens with two attached hydrogens (primary N) is 1. The Bertz CT molecular complexity index is 601. The van der Waals surface area contributed by atoms with Crippen molar-refractivity contribution in [3.8, 4) is 5.75 Å². The third-order valence-electron chi connectivity index (χ3n) is 3.43. The van der Waals surface area contributed by atoms with Crippen molar-refractivity contribution in [2.75, 3.05) is 25.6 Å². The zero-order valence-electron chi connectivity index (χ0n) is 12.5. The van der Waals surface area contributed by atoms with Crippen LogP contribution in [0.2, 0.25) is 5.02 Å². The van der Waals surface area contributed by atoms with Gasteiger partial charge in [-0.2, -0.15) is 0 Å². The highest BCUT2D eigenvalue weighted by Gasteiger charge is 2.09. The Labute approximate surface area is 131 Å². The lowest BCUT2D eigenvalue weighted by molar-refractivity contribution is 0.414. The quantitative estimate of drug-likeness (QED) is 0.888. The van der Waals surface area contributed by atoms with Crippen LogP contribution < -0.4 is 15.4 Å². The number of rotatable bonds is 6. The summed E-state index contributed by atoms with van der Waals surface area (Å²) >= 11 is 6.13. The Morgan fingerprint density at radius 2 is 2.00 bits per heavy atom. The molecule has 0 aliphatic heterocycles. The van der Waals surface area contributed by atoms with E-state index in [9.17, 15) is 0 Å². The monoisotopic (exact) mass is 304 g/mol. The molecule has 2 rings (SSSR count). The Balaban J connectivity index is 2.22. The summed E-state index contributed by atoms with van der Waals surface area (Å²) in [6, 6.07) is 14.0. The molecule has 2 N–H and O–H groups in total. The second-order valence-corrected chi connectivity index (χ2v) is 5.46. The molecule has 21 heavy (non-hydrogen) atoms. The number of halogens is 1. The fourth-order valence-corrected chi connectivity index (χ4v) is 2.56. The van der Waals surface area contributed by atoms with E-state index in [-0.39, 0.29) is 0 Å². The van der Waals surface area contributed by atoms with Gasteiger partial charge in [0.15, 0.2) is 0 Å². The Kier molecular flexibility index (Phi) is 5.48. The van der Waals surface area contributed by atoms with Gasteiger partial charge < -0.3 is 15.4 Å². The Morgan fingerprint density at radius 1 is 1.19 bits per heavy atom. The van der Waals surface area contributed by atoms with Gasteiger partial charge in [0.1, 0.15) is 5.75 Å². The van der Waals surface area contributed by atoms with Crippen LogP contribution in [-0.4, -0.2) is 20.7 Å². The molecule has 0 atom stereocenters. The number of nitrogens with zero attached hydrogens (tertiary/aromatic N) is 1. The fraction of sp³-hybridized carbons (Fsp3) is 0.294. The highest BCUT2D eigenvalue weighted by atomic mass is 35.5. The molecule has 4 heteroatoms. The minimum absolute atomic E-state index is 0.627. The van der Waals surface area contributed by atoms with Crippen LogP contribution in [0, 0.1) is 0 Å². The molecule has 0 aromatic heterocycles. The summed E-state index contributed by atoms with van der Waals surface area (Å²) in [4.78, 5) is 2.19. The lowest BCUT2D eigenvalue weighted by Crippen LogP contribution is -2.19. The number of ether oxygens (including phenoxy) is 1. The van der Waals surface area contributed by atoms with E-state index in [1.54, 1.807) is 7.11 Å². The minimum atomic E-state index is 0.627. The summed E-state index contributed by atoms with van der Waals surface area (Å²) in [5.74, 6) is 0.870. The standard InChI is InChI=1S/C17H21ClN2O/c1-20(12-13-4-3-5-16(10-13)21-2)17-11-15(18)7-6-14(17)8-9-19/h3-7,10-11H,8-9,12,19H2,1-2H3. The predicted molar refractivity (Wildman–Crippen MR) is 89.3 cm³/mol. The van der Waals surface area contributed by atoms with E-state index in [4.69, 9.17) is 22.1 Å². The van der Waals surface area contributed by atoms with E-state index in [2.05, 4.69) is 18.0 Å². The summed E-state index contributed by atoms with van der Waals surface area (Å²) in [6.07, 6.45) is 0.842. The molecule has 0 aliphatic rings. The third-order valence-corrected chi connectivity index (χ3v) is 3.66. The Morgan fingerprint density at radius 3 is 2.71 bits per heavy atom. The summed E-state index contributed by atoms with van der Waals surface area (Å²) in [5, 5.41) is 0.739. The molecule has 0 bridgehead atoms. The highest BCUT2D eigenvalue weighted by molar-refractivity contribution is 6.30. The van der Waals surface area contributed by atoms with Gasteiger partial charge in [-0.15, -0.1) is 0 Å². The molecule has 112 valence electrons. The molecular weight excluding hydrogens is 284 g/mol. The van der Waals surface area contributed by atoms with Crippen LogP contribution >= 0.6 is 11.6 Å². The predicted octanol–water partition coefficient (Wildman–Crippen LogP) is 3.49. The average molecular weight is 305 g/mol. The van der Waals surface area contributed by atoms with Gasteiger partial charge in [-0.05, 0) is 48.4 Å². The maximum atomic E-state index is 6.13. The van der Waals surface area contributed by atoms with Crippen molar-refractivity contribution >= 4 is 17.3 Å². The van der Waals surface area contributed by atoms with E-state index in [0.29, 0.717) is 6.54 Å². The van der Waals surface area contributed by atoms with Crippen molar-refractivity contribution < 1.29 is 4.74 Å². The fourth-order valence-electron chi connectivity index (χ4n) is 2.39. The van der Waals surface area contributed by atoms with Gasteiger partial charge in [-0.25, -0.2) is 0 Å². The largest absolute Gasteiger partial charge is 0.497 e. The number of hydrogen-bond donors (Lipinski definition) is 1. The molecule has 0 unspecified atom stereocenters. The number of benzene rings is 2. The van der Waals surface area contributed by atoms with Crippen LogP contribution in [0.5, 0.6) is 5.75 Å². The molecule has 2 aromatic rings. The van der Waals surface area contributed by atoms with Gasteiger partial charge in [0.2, 0.25) is 0 Å². The molecule has 0 fully saturated rings. The lowest BCUT2D eigenvalue weighted by Gasteiger charge is -2.23. The van der Waals surface area contributed by atoms with Gasteiger partial charge in [0.25, 0.3) is 0 Å². The molecule has 0 saturated heterocycles. The average Bonchev–Trinajstić information content (AvgIpc) is 2.49. The number of anilines is 1. The Hall–Kier alpha value is -1.71. The van der Waals surface area contributed by atoms with Crippen molar-refractivity contribution in [2.24, 2.45) is 5.73 Å². The molecule has 0 radical (unpaired) electrons. The molecule has 0 spiro atoms. The van der Waals surface area contributed by atoms with Gasteiger partial charge in [-0.3, -0.25) is 0 Å². The van der Waals surface area contributed by atoms with Crippen molar-refractivity contribution in [3.63, 3.8) is 0 Å². The first kappa shape index (κ1) is 15.7. The first-order chi connectivity index (χ1) is 10.1. The topological polar surface area (TPSA) is 38.5 Å². The molecule has 3 nitrogen and oxygen atoms in total. The zero-order valence-corrected chi connectivity index (χ0v) is 13.2. The summed E-state index contributed by atoms with van der Waals surface area (Å²) in [7, 11) is 3.74. The second-order valence-electron chi connectivity index (χ2n) is 5.02.